The van der Waals surface area contributed by atoms with Crippen LogP contribution in [0.2, 0.25) is 0 Å². The van der Waals surface area contributed by atoms with Crippen LogP contribution in [-0.4, -0.2) is 40.8 Å². The Morgan fingerprint density at radius 1 is 1.12 bits per heavy atom. The predicted molar refractivity (Wildman–Crippen MR) is 107 cm³/mol. The van der Waals surface area contributed by atoms with Crippen molar-refractivity contribution in [1.29, 1.82) is 0 Å². The van der Waals surface area contributed by atoms with Gasteiger partial charge in [-0.3, -0.25) is 4.79 Å². The molecular weight excluding hydrogens is 350 g/mol. The van der Waals surface area contributed by atoms with Crippen LogP contribution in [0.3, 0.4) is 0 Å². The molecule has 0 aliphatic carbocycles. The van der Waals surface area contributed by atoms with Crippen LogP contribution in [0.1, 0.15) is 18.9 Å². The summed E-state index contributed by atoms with van der Waals surface area (Å²) in [6.45, 7) is 3.37. The summed E-state index contributed by atoms with van der Waals surface area (Å²) in [7, 11) is 3.69. The van der Waals surface area contributed by atoms with Crippen LogP contribution in [-0.2, 0) is 7.05 Å². The smallest absolute Gasteiger partial charge is 0.260 e. The van der Waals surface area contributed by atoms with Gasteiger partial charge < -0.3 is 18.8 Å². The first-order valence-corrected chi connectivity index (χ1v) is 9.07. The van der Waals surface area contributed by atoms with Gasteiger partial charge >= 0.3 is 0 Å². The van der Waals surface area contributed by atoms with Crippen LogP contribution in [0, 0.1) is 5.92 Å². The van der Waals surface area contributed by atoms with Crippen molar-refractivity contribution in [3.05, 3.63) is 40.8 Å². The second-order valence-electron chi connectivity index (χ2n) is 7.44. The molecule has 26 heavy (non-hydrogen) atoms. The van der Waals surface area contributed by atoms with E-state index in [1.54, 1.807) is 7.11 Å². The van der Waals surface area contributed by atoms with Crippen molar-refractivity contribution in [3.8, 4) is 5.75 Å². The molecule has 0 N–H and O–H groups in total. The van der Waals surface area contributed by atoms with E-state index in [2.05, 4.69) is 15.5 Å². The normalized spacial score (nSPS) is 24.8. The van der Waals surface area contributed by atoms with Crippen molar-refractivity contribution in [2.75, 3.05) is 26.7 Å². The average Bonchev–Trinajstić information content (AvgIpc) is 2.95. The number of hydrogen-bond donors (Lipinski definition) is 0. The summed E-state index contributed by atoms with van der Waals surface area (Å²) in [5, 5.41) is 1.80. The lowest BCUT2D eigenvalue weighted by atomic mass is 9.84. The summed E-state index contributed by atoms with van der Waals surface area (Å²) in [4.78, 5) is 15.9. The average molecular weight is 374 g/mol. The molecule has 5 nitrogen and oxygen atoms in total. The van der Waals surface area contributed by atoms with Gasteiger partial charge in [-0.15, -0.1) is 12.4 Å². The van der Waals surface area contributed by atoms with E-state index in [1.165, 1.54) is 25.9 Å². The molecule has 2 bridgehead atoms. The van der Waals surface area contributed by atoms with Crippen molar-refractivity contribution in [2.45, 2.75) is 18.9 Å². The highest BCUT2D eigenvalue weighted by atomic mass is 35.5. The van der Waals surface area contributed by atoms with E-state index >= 15 is 0 Å². The van der Waals surface area contributed by atoms with Gasteiger partial charge in [0.05, 0.1) is 24.1 Å². The molecule has 1 aromatic carbocycles. The molecule has 6 heteroatoms. The second-order valence-corrected chi connectivity index (χ2v) is 7.44. The number of aromatic nitrogens is 2. The molecule has 0 radical (unpaired) electrons. The highest BCUT2D eigenvalue weighted by Crippen LogP contribution is 2.36. The van der Waals surface area contributed by atoms with Gasteiger partial charge in [0, 0.05) is 30.7 Å². The van der Waals surface area contributed by atoms with Crippen LogP contribution in [0.25, 0.3) is 21.8 Å². The predicted octanol–water partition coefficient (Wildman–Crippen LogP) is 3.19. The summed E-state index contributed by atoms with van der Waals surface area (Å²) in [6, 6.07) is 8.38. The zero-order valence-electron chi connectivity index (χ0n) is 15.1. The van der Waals surface area contributed by atoms with E-state index in [0.717, 1.165) is 34.1 Å². The third kappa shape index (κ3) is 2.37. The Morgan fingerprint density at radius 2 is 1.88 bits per heavy atom. The van der Waals surface area contributed by atoms with Gasteiger partial charge in [0.1, 0.15) is 5.75 Å². The lowest BCUT2D eigenvalue weighted by Crippen LogP contribution is -2.49. The van der Waals surface area contributed by atoms with E-state index < -0.39 is 0 Å². The van der Waals surface area contributed by atoms with E-state index in [4.69, 9.17) is 4.74 Å². The summed E-state index contributed by atoms with van der Waals surface area (Å²) >= 11 is 0. The van der Waals surface area contributed by atoms with Gasteiger partial charge in [-0.1, -0.05) is 0 Å². The molecule has 0 spiro atoms. The van der Waals surface area contributed by atoms with Gasteiger partial charge in [-0.2, -0.15) is 0 Å². The Bertz CT molecular complexity index is 1030. The maximum atomic E-state index is 13.4. The number of aryl methyl sites for hydroxylation is 1. The van der Waals surface area contributed by atoms with Crippen LogP contribution in [0.4, 0.5) is 0 Å². The SMILES string of the molecule is COc1ccc2c(c1)c1c(=O)n(C3CN4CCC3CC4)ccc1n2C.Cl. The molecule has 3 aliphatic rings. The van der Waals surface area contributed by atoms with Crippen molar-refractivity contribution in [2.24, 2.45) is 13.0 Å². The molecule has 5 heterocycles. The Morgan fingerprint density at radius 3 is 2.54 bits per heavy atom. The van der Waals surface area contributed by atoms with Gasteiger partial charge in [0.15, 0.2) is 0 Å². The fourth-order valence-corrected chi connectivity index (χ4v) is 4.85. The minimum Gasteiger partial charge on any atom is -0.497 e. The fraction of sp³-hybridized carbons (Fsp3) is 0.450. The molecule has 3 aromatic rings. The largest absolute Gasteiger partial charge is 0.497 e. The number of rotatable bonds is 2. The first-order valence-electron chi connectivity index (χ1n) is 9.07. The van der Waals surface area contributed by atoms with Gasteiger partial charge in [0.2, 0.25) is 0 Å². The van der Waals surface area contributed by atoms with Crippen LogP contribution < -0.4 is 10.3 Å². The van der Waals surface area contributed by atoms with Crippen molar-refractivity contribution in [1.82, 2.24) is 14.0 Å². The summed E-state index contributed by atoms with van der Waals surface area (Å²) < 4.78 is 9.48. The number of fused-ring (bicyclic) bond motifs is 6. The first-order chi connectivity index (χ1) is 12.2. The number of pyridine rings is 1. The molecule has 3 fully saturated rings. The van der Waals surface area contributed by atoms with Crippen LogP contribution in [0.15, 0.2) is 35.3 Å². The molecule has 1 unspecified atom stereocenters. The molecule has 2 aromatic heterocycles. The zero-order chi connectivity index (χ0) is 17.1. The summed E-state index contributed by atoms with van der Waals surface area (Å²) in [5.41, 5.74) is 2.19. The molecule has 138 valence electrons. The molecule has 3 saturated heterocycles. The number of piperidine rings is 3. The third-order valence-electron chi connectivity index (χ3n) is 6.27. The standard InChI is InChI=1S/C20H23N3O2.ClH/c1-21-16-4-3-14(25-2)11-15(16)19-17(21)7-10-23(20(19)24)18-12-22-8-5-13(18)6-9-22;/h3-4,7,10-11,13,18H,5-6,8-9,12H2,1-2H3;1H. The number of ether oxygens (including phenoxy) is 1. The maximum absolute atomic E-state index is 13.4. The fourth-order valence-electron chi connectivity index (χ4n) is 4.85. The van der Waals surface area contributed by atoms with E-state index in [0.29, 0.717) is 12.0 Å². The summed E-state index contributed by atoms with van der Waals surface area (Å²) in [5.74, 6) is 1.42. The first kappa shape index (κ1) is 17.4. The number of halogens is 1. The molecule has 0 amide bonds. The maximum Gasteiger partial charge on any atom is 0.260 e. The number of nitrogens with zero attached hydrogens (tertiary/aromatic N) is 3. The topological polar surface area (TPSA) is 39.4 Å². The molecule has 3 aliphatic heterocycles. The highest BCUT2D eigenvalue weighted by molar-refractivity contribution is 6.08. The van der Waals surface area contributed by atoms with Crippen molar-refractivity contribution in [3.63, 3.8) is 0 Å². The Kier molecular flexibility index (Phi) is 4.24. The quantitative estimate of drug-likeness (QED) is 0.692. The van der Waals surface area contributed by atoms with Gasteiger partial charge in [0.25, 0.3) is 5.56 Å². The molecule has 1 atom stereocenters. The van der Waals surface area contributed by atoms with Crippen LogP contribution in [0.5, 0.6) is 5.75 Å². The summed E-state index contributed by atoms with van der Waals surface area (Å²) in [6.07, 6.45) is 4.42. The van der Waals surface area contributed by atoms with E-state index in [9.17, 15) is 4.79 Å². The van der Waals surface area contributed by atoms with E-state index in [-0.39, 0.29) is 18.0 Å². The minimum atomic E-state index is 0. The zero-order valence-corrected chi connectivity index (χ0v) is 16.0. The second kappa shape index (κ2) is 6.32. The van der Waals surface area contributed by atoms with E-state index in [1.807, 2.05) is 36.0 Å². The highest BCUT2D eigenvalue weighted by Gasteiger charge is 2.35. The lowest BCUT2D eigenvalue weighted by molar-refractivity contribution is 0.0556. The molecule has 0 saturated carbocycles. The van der Waals surface area contributed by atoms with Crippen LogP contribution >= 0.6 is 12.4 Å². The lowest BCUT2D eigenvalue weighted by Gasteiger charge is -2.45. The van der Waals surface area contributed by atoms with Gasteiger partial charge in [-0.05, 0) is 56.1 Å². The Hall–Kier alpha value is -1.98. The van der Waals surface area contributed by atoms with Gasteiger partial charge in [-0.25, -0.2) is 0 Å². The number of methoxy groups -OCH3 is 1. The number of hydrogen-bond acceptors (Lipinski definition) is 3. The monoisotopic (exact) mass is 373 g/mol. The molecule has 6 rings (SSSR count). The Labute approximate surface area is 158 Å². The minimum absolute atomic E-state index is 0. The number of benzene rings is 1. The molecular formula is C20H24ClN3O2. The van der Waals surface area contributed by atoms with Crippen molar-refractivity contribution < 1.29 is 4.74 Å². The van der Waals surface area contributed by atoms with Crippen molar-refractivity contribution >= 4 is 34.2 Å². The third-order valence-corrected chi connectivity index (χ3v) is 6.27. The Balaban J connectivity index is 0.00000168.